The van der Waals surface area contributed by atoms with Crippen molar-refractivity contribution in [3.63, 3.8) is 0 Å². The summed E-state index contributed by atoms with van der Waals surface area (Å²) in [5, 5.41) is 3.26. The first-order valence-corrected chi connectivity index (χ1v) is 12.2. The number of hydrogen-bond donors (Lipinski definition) is 1. The van der Waals surface area contributed by atoms with Gasteiger partial charge in [0.05, 0.1) is 13.2 Å². The van der Waals surface area contributed by atoms with E-state index in [9.17, 15) is 9.18 Å². The molecule has 3 aliphatic heterocycles. The average Bonchev–Trinajstić information content (AvgIpc) is 3.62. The number of halogens is 1. The van der Waals surface area contributed by atoms with Crippen LogP contribution in [-0.4, -0.2) is 43.8 Å². The minimum absolute atomic E-state index is 0.0121. The molecule has 3 saturated heterocycles. The Morgan fingerprint density at radius 2 is 1.85 bits per heavy atom. The fourth-order valence-electron chi connectivity index (χ4n) is 6.25. The maximum absolute atomic E-state index is 14.2. The van der Waals surface area contributed by atoms with Gasteiger partial charge in [-0.1, -0.05) is 24.3 Å². The molecule has 174 valence electrons. The van der Waals surface area contributed by atoms with Crippen LogP contribution in [0.1, 0.15) is 49.3 Å². The number of nitrogens with one attached hydrogen (secondary N) is 1. The maximum atomic E-state index is 14.2. The van der Waals surface area contributed by atoms with Crippen molar-refractivity contribution < 1.29 is 18.7 Å². The highest BCUT2D eigenvalue weighted by Gasteiger charge is 2.53. The van der Waals surface area contributed by atoms with E-state index < -0.39 is 0 Å². The Morgan fingerprint density at radius 3 is 2.52 bits per heavy atom. The van der Waals surface area contributed by atoms with Crippen LogP contribution in [0, 0.1) is 17.2 Å². The van der Waals surface area contributed by atoms with Crippen LogP contribution in [0.5, 0.6) is 5.75 Å². The molecule has 33 heavy (non-hydrogen) atoms. The summed E-state index contributed by atoms with van der Waals surface area (Å²) in [7, 11) is 1.47. The number of amides is 1. The van der Waals surface area contributed by atoms with Crippen molar-refractivity contribution in [2.24, 2.45) is 11.3 Å². The highest BCUT2D eigenvalue weighted by Crippen LogP contribution is 2.61. The molecule has 1 amide bonds. The number of hydrogen-bond acceptors (Lipinski definition) is 4. The van der Waals surface area contributed by atoms with Crippen LogP contribution in [0.25, 0.3) is 11.1 Å². The van der Waals surface area contributed by atoms with Crippen LogP contribution >= 0.6 is 0 Å². The first-order valence-electron chi connectivity index (χ1n) is 12.2. The summed E-state index contributed by atoms with van der Waals surface area (Å²) >= 11 is 0. The lowest BCUT2D eigenvalue weighted by molar-refractivity contribution is -0.0347. The number of rotatable bonds is 4. The number of benzene rings is 2. The van der Waals surface area contributed by atoms with Gasteiger partial charge in [0.2, 0.25) is 0 Å². The standard InChI is InChI=1S/C27H31FN2O3/c1-32-23-5-3-19(15-22(23)28)18-2-4-21-20(14-18)6-9-27(10-11-27)25(21)29-26(31)33-24-16-30-12-7-17(24)8-13-30/h2-5,14-15,17,24-25H,6-13,16H2,1H3,(H,29,31)/t24-,25?/m1/s1. The predicted molar refractivity (Wildman–Crippen MR) is 124 cm³/mol. The Bertz CT molecular complexity index is 1080. The zero-order chi connectivity index (χ0) is 22.6. The fraction of sp³-hybridized carbons (Fsp3) is 0.519. The minimum Gasteiger partial charge on any atom is -0.494 e. The summed E-state index contributed by atoms with van der Waals surface area (Å²) in [5.41, 5.74) is 4.39. The number of carbonyl (C=O) groups excluding carboxylic acids is 1. The molecule has 1 saturated carbocycles. The van der Waals surface area contributed by atoms with Crippen molar-refractivity contribution in [1.29, 1.82) is 0 Å². The molecule has 1 unspecified atom stereocenters. The molecule has 1 spiro atoms. The molecule has 2 aromatic carbocycles. The molecule has 2 aromatic rings. The van der Waals surface area contributed by atoms with Crippen molar-refractivity contribution in [3.8, 4) is 16.9 Å². The van der Waals surface area contributed by atoms with Crippen LogP contribution in [0.15, 0.2) is 36.4 Å². The molecule has 2 atom stereocenters. The molecule has 0 aromatic heterocycles. The van der Waals surface area contributed by atoms with Gasteiger partial charge in [0.1, 0.15) is 6.10 Å². The van der Waals surface area contributed by atoms with Gasteiger partial charge in [-0.05, 0) is 97.3 Å². The monoisotopic (exact) mass is 450 g/mol. The normalized spacial score (nSPS) is 28.8. The molecule has 7 rings (SSSR count). The van der Waals surface area contributed by atoms with Gasteiger partial charge in [-0.25, -0.2) is 9.18 Å². The van der Waals surface area contributed by atoms with Crippen molar-refractivity contribution in [2.45, 2.75) is 50.7 Å². The Labute approximate surface area is 194 Å². The van der Waals surface area contributed by atoms with Crippen LogP contribution in [-0.2, 0) is 11.2 Å². The quantitative estimate of drug-likeness (QED) is 0.705. The fourth-order valence-corrected chi connectivity index (χ4v) is 6.25. The third-order valence-electron chi connectivity index (χ3n) is 8.45. The number of aryl methyl sites for hydroxylation is 1. The highest BCUT2D eigenvalue weighted by atomic mass is 19.1. The van der Waals surface area contributed by atoms with Gasteiger partial charge in [-0.15, -0.1) is 0 Å². The van der Waals surface area contributed by atoms with E-state index in [-0.39, 0.29) is 35.2 Å². The summed E-state index contributed by atoms with van der Waals surface area (Å²) in [6, 6.07) is 11.4. The summed E-state index contributed by atoms with van der Waals surface area (Å²) in [6.07, 6.45) is 6.31. The van der Waals surface area contributed by atoms with E-state index in [4.69, 9.17) is 9.47 Å². The highest BCUT2D eigenvalue weighted by molar-refractivity contribution is 5.70. The van der Waals surface area contributed by atoms with Gasteiger partial charge in [-0.2, -0.15) is 0 Å². The van der Waals surface area contributed by atoms with Crippen LogP contribution in [0.4, 0.5) is 9.18 Å². The van der Waals surface area contributed by atoms with Crippen LogP contribution in [0.2, 0.25) is 0 Å². The Morgan fingerprint density at radius 1 is 1.09 bits per heavy atom. The molecular weight excluding hydrogens is 419 g/mol. The molecule has 3 heterocycles. The van der Waals surface area contributed by atoms with E-state index in [1.807, 2.05) is 12.1 Å². The number of carbonyl (C=O) groups is 1. The molecular formula is C27H31FN2O3. The van der Waals surface area contributed by atoms with E-state index in [0.29, 0.717) is 5.92 Å². The third kappa shape index (κ3) is 3.78. The topological polar surface area (TPSA) is 50.8 Å². The van der Waals surface area contributed by atoms with E-state index >= 15 is 0 Å². The molecule has 0 radical (unpaired) electrons. The summed E-state index contributed by atoms with van der Waals surface area (Å²) in [6.45, 7) is 3.13. The number of ether oxygens (including phenoxy) is 2. The number of fused-ring (bicyclic) bond motifs is 4. The SMILES string of the molecule is COc1ccc(-c2ccc3c(c2)CCC2(CC2)C3NC(=O)O[C@@H]2CN3CCC2CC3)cc1F. The van der Waals surface area contributed by atoms with Gasteiger partial charge in [0, 0.05) is 6.54 Å². The zero-order valence-corrected chi connectivity index (χ0v) is 19.1. The Balaban J connectivity index is 1.22. The van der Waals surface area contributed by atoms with E-state index in [1.165, 1.54) is 24.3 Å². The van der Waals surface area contributed by atoms with Crippen molar-refractivity contribution >= 4 is 6.09 Å². The first-order chi connectivity index (χ1) is 16.0. The molecule has 1 N–H and O–H groups in total. The smallest absolute Gasteiger partial charge is 0.407 e. The summed E-state index contributed by atoms with van der Waals surface area (Å²) < 4.78 is 25.2. The van der Waals surface area contributed by atoms with E-state index in [1.54, 1.807) is 6.07 Å². The maximum Gasteiger partial charge on any atom is 0.407 e. The number of methoxy groups -OCH3 is 1. The molecule has 5 nitrogen and oxygen atoms in total. The second kappa shape index (κ2) is 8.01. The van der Waals surface area contributed by atoms with Crippen LogP contribution in [0.3, 0.4) is 0 Å². The molecule has 5 aliphatic rings. The predicted octanol–water partition coefficient (Wildman–Crippen LogP) is 5.09. The second-order valence-corrected chi connectivity index (χ2v) is 10.3. The lowest BCUT2D eigenvalue weighted by Gasteiger charge is -2.44. The lowest BCUT2D eigenvalue weighted by atomic mass is 9.76. The van der Waals surface area contributed by atoms with Gasteiger partial charge in [-0.3, -0.25) is 4.90 Å². The Hall–Kier alpha value is -2.60. The minimum atomic E-state index is -0.361. The van der Waals surface area contributed by atoms with Crippen LogP contribution < -0.4 is 10.1 Å². The molecule has 2 aliphatic carbocycles. The van der Waals surface area contributed by atoms with E-state index in [2.05, 4.69) is 22.3 Å². The van der Waals surface area contributed by atoms with Gasteiger partial charge >= 0.3 is 6.09 Å². The van der Waals surface area contributed by atoms with Crippen molar-refractivity contribution in [1.82, 2.24) is 10.2 Å². The molecule has 2 bridgehead atoms. The first kappa shape index (κ1) is 21.0. The Kier molecular flexibility index (Phi) is 5.09. The van der Waals surface area contributed by atoms with Gasteiger partial charge < -0.3 is 14.8 Å². The zero-order valence-electron chi connectivity index (χ0n) is 19.1. The number of piperidine rings is 3. The van der Waals surface area contributed by atoms with Crippen molar-refractivity contribution in [2.75, 3.05) is 26.7 Å². The summed E-state index contributed by atoms with van der Waals surface area (Å²) in [5.74, 6) is 0.388. The molecule has 6 heteroatoms. The average molecular weight is 451 g/mol. The molecule has 4 fully saturated rings. The lowest BCUT2D eigenvalue weighted by Crippen LogP contribution is -2.53. The largest absolute Gasteiger partial charge is 0.494 e. The second-order valence-electron chi connectivity index (χ2n) is 10.3. The third-order valence-corrected chi connectivity index (χ3v) is 8.45. The number of nitrogens with zero attached hydrogens (tertiary/aromatic N) is 1. The number of alkyl carbamates (subject to hydrolysis) is 1. The van der Waals surface area contributed by atoms with Gasteiger partial charge in [0.15, 0.2) is 11.6 Å². The van der Waals surface area contributed by atoms with Crippen molar-refractivity contribution in [3.05, 3.63) is 53.3 Å². The van der Waals surface area contributed by atoms with Gasteiger partial charge in [0.25, 0.3) is 0 Å². The van der Waals surface area contributed by atoms with E-state index in [0.717, 1.165) is 69.3 Å². The summed E-state index contributed by atoms with van der Waals surface area (Å²) in [4.78, 5) is 15.4.